The topological polar surface area (TPSA) is 75.6 Å². The predicted octanol–water partition coefficient (Wildman–Crippen LogP) is 3.72. The minimum absolute atomic E-state index is 0.191. The number of carbonyl (C=O) groups excluding carboxylic acids is 1. The molecular weight excluding hydrogens is 314 g/mol. The summed E-state index contributed by atoms with van der Waals surface area (Å²) in [5, 5.41) is 12.5. The first-order valence-corrected chi connectivity index (χ1v) is 8.04. The van der Waals surface area contributed by atoms with E-state index in [1.165, 1.54) is 11.3 Å². The zero-order valence-corrected chi connectivity index (χ0v) is 14.1. The van der Waals surface area contributed by atoms with Crippen molar-refractivity contribution in [3.63, 3.8) is 0 Å². The van der Waals surface area contributed by atoms with Crippen LogP contribution in [0.15, 0.2) is 24.3 Å². The van der Waals surface area contributed by atoms with Crippen molar-refractivity contribution < 1.29 is 19.4 Å². The van der Waals surface area contributed by atoms with Crippen LogP contribution in [0.25, 0.3) is 0 Å². The summed E-state index contributed by atoms with van der Waals surface area (Å²) < 4.78 is 5.06. The van der Waals surface area contributed by atoms with Gasteiger partial charge in [0, 0.05) is 17.6 Å². The molecular formula is C17H19NO4S. The van der Waals surface area contributed by atoms with Crippen molar-refractivity contribution >= 4 is 28.2 Å². The highest BCUT2D eigenvalue weighted by Crippen LogP contribution is 2.33. The smallest absolute Gasteiger partial charge is 0.339 e. The molecule has 122 valence electrons. The number of anilines is 1. The monoisotopic (exact) mass is 333 g/mol. The highest BCUT2D eigenvalue weighted by atomic mass is 32.1. The molecule has 0 saturated heterocycles. The molecule has 0 aliphatic rings. The van der Waals surface area contributed by atoms with Gasteiger partial charge in [0.15, 0.2) is 0 Å². The predicted molar refractivity (Wildman–Crippen MR) is 90.5 cm³/mol. The van der Waals surface area contributed by atoms with Gasteiger partial charge in [0.25, 0.3) is 5.91 Å². The van der Waals surface area contributed by atoms with E-state index in [1.54, 1.807) is 25.3 Å². The Kier molecular flexibility index (Phi) is 5.52. The number of amides is 1. The summed E-state index contributed by atoms with van der Waals surface area (Å²) in [6.07, 6.45) is 0.614. The second-order valence-corrected chi connectivity index (χ2v) is 6.31. The zero-order chi connectivity index (χ0) is 17.0. The summed E-state index contributed by atoms with van der Waals surface area (Å²) in [5.41, 5.74) is 2.32. The maximum Gasteiger partial charge on any atom is 0.339 e. The van der Waals surface area contributed by atoms with E-state index in [9.17, 15) is 14.7 Å². The molecule has 2 aromatic rings. The van der Waals surface area contributed by atoms with E-state index >= 15 is 0 Å². The number of aromatic carboxylic acids is 1. The van der Waals surface area contributed by atoms with Gasteiger partial charge < -0.3 is 15.2 Å². The van der Waals surface area contributed by atoms with Gasteiger partial charge in [-0.3, -0.25) is 4.79 Å². The fourth-order valence-corrected chi connectivity index (χ4v) is 3.60. The third kappa shape index (κ3) is 3.78. The Hall–Kier alpha value is -2.18. The number of carbonyl (C=O) groups is 2. The van der Waals surface area contributed by atoms with Crippen LogP contribution in [0.4, 0.5) is 5.00 Å². The van der Waals surface area contributed by atoms with Gasteiger partial charge in [0.05, 0.1) is 12.2 Å². The van der Waals surface area contributed by atoms with Gasteiger partial charge in [-0.15, -0.1) is 11.3 Å². The lowest BCUT2D eigenvalue weighted by atomic mass is 10.1. The second-order valence-electron chi connectivity index (χ2n) is 5.09. The van der Waals surface area contributed by atoms with E-state index < -0.39 is 5.97 Å². The summed E-state index contributed by atoms with van der Waals surface area (Å²) >= 11 is 1.29. The minimum atomic E-state index is -1.02. The van der Waals surface area contributed by atoms with Gasteiger partial charge in [-0.05, 0) is 36.6 Å². The van der Waals surface area contributed by atoms with E-state index in [0.717, 1.165) is 16.0 Å². The molecule has 5 nitrogen and oxygen atoms in total. The van der Waals surface area contributed by atoms with Crippen LogP contribution in [0.3, 0.4) is 0 Å². The molecule has 1 aromatic heterocycles. The number of hydrogen-bond acceptors (Lipinski definition) is 4. The van der Waals surface area contributed by atoms with E-state index in [-0.39, 0.29) is 11.5 Å². The Labute approximate surface area is 138 Å². The lowest BCUT2D eigenvalue weighted by Gasteiger charge is -2.07. The van der Waals surface area contributed by atoms with Gasteiger partial charge in [-0.1, -0.05) is 19.1 Å². The average molecular weight is 333 g/mol. The first-order chi connectivity index (χ1) is 11.0. The van der Waals surface area contributed by atoms with Gasteiger partial charge in [-0.25, -0.2) is 4.79 Å². The van der Waals surface area contributed by atoms with Crippen molar-refractivity contribution in [2.75, 3.05) is 12.4 Å². The SMILES string of the molecule is CCc1c(C)sc(NC(=O)c2cccc(COC)c2)c1C(=O)O. The molecule has 0 unspecified atom stereocenters. The molecule has 1 amide bonds. The lowest BCUT2D eigenvalue weighted by molar-refractivity contribution is 0.0697. The van der Waals surface area contributed by atoms with E-state index in [4.69, 9.17) is 4.74 Å². The van der Waals surface area contributed by atoms with Crippen LogP contribution < -0.4 is 5.32 Å². The summed E-state index contributed by atoms with van der Waals surface area (Å²) in [6, 6.07) is 7.07. The van der Waals surface area contributed by atoms with E-state index in [2.05, 4.69) is 5.32 Å². The van der Waals surface area contributed by atoms with Gasteiger partial charge >= 0.3 is 5.97 Å². The van der Waals surface area contributed by atoms with Gasteiger partial charge in [0.1, 0.15) is 5.00 Å². The Balaban J connectivity index is 2.30. The number of nitrogens with one attached hydrogen (secondary N) is 1. The summed E-state index contributed by atoms with van der Waals surface area (Å²) in [5.74, 6) is -1.34. The largest absolute Gasteiger partial charge is 0.478 e. The third-order valence-electron chi connectivity index (χ3n) is 3.50. The number of ether oxygens (including phenoxy) is 1. The van der Waals surface area contributed by atoms with E-state index in [0.29, 0.717) is 23.6 Å². The highest BCUT2D eigenvalue weighted by molar-refractivity contribution is 7.16. The normalized spacial score (nSPS) is 10.6. The quantitative estimate of drug-likeness (QED) is 0.845. The first-order valence-electron chi connectivity index (χ1n) is 7.22. The van der Waals surface area contributed by atoms with Crippen molar-refractivity contribution in [1.82, 2.24) is 0 Å². The lowest BCUT2D eigenvalue weighted by Crippen LogP contribution is -2.14. The molecule has 0 aliphatic carbocycles. The number of carboxylic acid groups (broad SMARTS) is 1. The third-order valence-corrected chi connectivity index (χ3v) is 4.57. The van der Waals surface area contributed by atoms with Crippen molar-refractivity contribution in [2.45, 2.75) is 26.9 Å². The Morgan fingerprint density at radius 3 is 2.70 bits per heavy atom. The molecule has 0 bridgehead atoms. The standard InChI is InChI=1S/C17H19NO4S/c1-4-13-10(2)23-16(14(13)17(20)21)18-15(19)12-7-5-6-11(8-12)9-22-3/h5-8H,4,9H2,1-3H3,(H,18,19)(H,20,21). The van der Waals surface area contributed by atoms with Crippen molar-refractivity contribution in [1.29, 1.82) is 0 Å². The molecule has 23 heavy (non-hydrogen) atoms. The zero-order valence-electron chi connectivity index (χ0n) is 13.3. The Morgan fingerprint density at radius 1 is 1.35 bits per heavy atom. The number of thiophene rings is 1. The molecule has 0 fully saturated rings. The summed E-state index contributed by atoms with van der Waals surface area (Å²) in [6.45, 7) is 4.19. The molecule has 0 radical (unpaired) electrons. The number of hydrogen-bond donors (Lipinski definition) is 2. The number of carboxylic acids is 1. The fraction of sp³-hybridized carbons (Fsp3) is 0.294. The van der Waals surface area contributed by atoms with Gasteiger partial charge in [-0.2, -0.15) is 0 Å². The number of benzene rings is 1. The molecule has 2 rings (SSSR count). The van der Waals surface area contributed by atoms with E-state index in [1.807, 2.05) is 19.9 Å². The van der Waals surface area contributed by atoms with Crippen molar-refractivity contribution in [3.05, 3.63) is 51.4 Å². The van der Waals surface area contributed by atoms with Crippen LogP contribution in [0.1, 0.15) is 43.6 Å². The molecule has 0 aliphatic heterocycles. The van der Waals surface area contributed by atoms with Crippen LogP contribution in [0.2, 0.25) is 0 Å². The number of rotatable bonds is 6. The molecule has 6 heteroatoms. The summed E-state index contributed by atoms with van der Waals surface area (Å²) in [4.78, 5) is 24.8. The maximum absolute atomic E-state index is 12.4. The van der Waals surface area contributed by atoms with Crippen molar-refractivity contribution in [3.8, 4) is 0 Å². The number of aryl methyl sites for hydroxylation is 1. The molecule has 1 heterocycles. The first kappa shape index (κ1) is 17.2. The van der Waals surface area contributed by atoms with Crippen molar-refractivity contribution in [2.24, 2.45) is 0 Å². The van der Waals surface area contributed by atoms with Crippen LogP contribution in [0.5, 0.6) is 0 Å². The summed E-state index contributed by atoms with van der Waals surface area (Å²) in [7, 11) is 1.59. The maximum atomic E-state index is 12.4. The average Bonchev–Trinajstić information content (AvgIpc) is 2.83. The van der Waals surface area contributed by atoms with Gasteiger partial charge in [0.2, 0.25) is 0 Å². The molecule has 0 spiro atoms. The molecule has 1 aromatic carbocycles. The van der Waals surface area contributed by atoms with Crippen LogP contribution >= 0.6 is 11.3 Å². The Bertz CT molecular complexity index is 736. The molecule has 0 saturated carbocycles. The van der Waals surface area contributed by atoms with Crippen LogP contribution in [-0.2, 0) is 17.8 Å². The minimum Gasteiger partial charge on any atom is -0.478 e. The molecule has 0 atom stereocenters. The van der Waals surface area contributed by atoms with Crippen LogP contribution in [-0.4, -0.2) is 24.1 Å². The Morgan fingerprint density at radius 2 is 2.09 bits per heavy atom. The highest BCUT2D eigenvalue weighted by Gasteiger charge is 2.22. The second kappa shape index (κ2) is 7.39. The fourth-order valence-electron chi connectivity index (χ4n) is 2.46. The van der Waals surface area contributed by atoms with Crippen LogP contribution in [0, 0.1) is 6.92 Å². The molecule has 2 N–H and O–H groups in total. The number of methoxy groups -OCH3 is 1.